The fourth-order valence-corrected chi connectivity index (χ4v) is 5.96. The second-order valence-electron chi connectivity index (χ2n) is 10.2. The number of nitrogens with zero attached hydrogens (tertiary/aromatic N) is 2. The lowest BCUT2D eigenvalue weighted by Crippen LogP contribution is -2.15. The van der Waals surface area contributed by atoms with Crippen LogP contribution in [0.15, 0.2) is 126 Å². The van der Waals surface area contributed by atoms with E-state index in [2.05, 4.69) is 110 Å². The van der Waals surface area contributed by atoms with Gasteiger partial charge in [0.25, 0.3) is 5.56 Å². The van der Waals surface area contributed by atoms with E-state index in [0.717, 1.165) is 61.7 Å². The highest BCUT2D eigenvalue weighted by Crippen LogP contribution is 2.36. The van der Waals surface area contributed by atoms with Crippen molar-refractivity contribution in [3.63, 3.8) is 0 Å². The maximum absolute atomic E-state index is 14.1. The zero-order chi connectivity index (χ0) is 27.1. The topological polar surface area (TPSA) is 34.4 Å². The molecule has 3 nitrogen and oxygen atoms in total. The van der Waals surface area contributed by atoms with Gasteiger partial charge in [0.15, 0.2) is 0 Å². The molecule has 2 aromatic heterocycles. The standard InChI is InChI=1S/C37H28N2O/c1-2-34-33(24-28(26-15-8-4-9-16-26)23-25-13-6-3-7-14-25)38-36-31-20-12-19-30-29(27-17-10-5-11-18-27)21-22-32(35(30)31)37(40)39(34)36/h3-22,24H,2,23H2,1H3/b28-24+. The molecule has 0 aliphatic heterocycles. The number of imidazole rings is 1. The van der Waals surface area contributed by atoms with Crippen molar-refractivity contribution in [1.29, 1.82) is 0 Å². The van der Waals surface area contributed by atoms with Crippen LogP contribution in [-0.4, -0.2) is 9.38 Å². The Morgan fingerprint density at radius 1 is 0.725 bits per heavy atom. The first-order chi connectivity index (χ1) is 19.7. The molecule has 0 aliphatic carbocycles. The zero-order valence-corrected chi connectivity index (χ0v) is 22.3. The van der Waals surface area contributed by atoms with Gasteiger partial charge in [-0.25, -0.2) is 4.98 Å². The zero-order valence-electron chi connectivity index (χ0n) is 22.3. The Kier molecular flexibility index (Phi) is 5.98. The van der Waals surface area contributed by atoms with E-state index in [4.69, 9.17) is 4.98 Å². The van der Waals surface area contributed by atoms with Gasteiger partial charge in [0.05, 0.1) is 11.4 Å². The van der Waals surface area contributed by atoms with E-state index in [1.54, 1.807) is 0 Å². The number of fused-ring (bicyclic) bond motifs is 2. The summed E-state index contributed by atoms with van der Waals surface area (Å²) >= 11 is 0. The summed E-state index contributed by atoms with van der Waals surface area (Å²) in [5, 5.41) is 3.79. The Balaban J connectivity index is 1.50. The summed E-state index contributed by atoms with van der Waals surface area (Å²) in [5.74, 6) is 0. The Bertz CT molecular complexity index is 2060. The lowest BCUT2D eigenvalue weighted by atomic mass is 9.94. The first kappa shape index (κ1) is 24.1. The average molecular weight is 517 g/mol. The Morgan fingerprint density at radius 2 is 1.40 bits per heavy atom. The van der Waals surface area contributed by atoms with Crippen molar-refractivity contribution in [1.82, 2.24) is 9.38 Å². The summed E-state index contributed by atoms with van der Waals surface area (Å²) in [6.07, 6.45) is 3.66. The van der Waals surface area contributed by atoms with Crippen LogP contribution in [0, 0.1) is 0 Å². The van der Waals surface area contributed by atoms with Crippen LogP contribution in [0.1, 0.15) is 29.4 Å². The molecule has 0 bridgehead atoms. The van der Waals surface area contributed by atoms with Gasteiger partial charge in [-0.3, -0.25) is 9.20 Å². The number of aryl methyl sites for hydroxylation is 1. The van der Waals surface area contributed by atoms with Gasteiger partial charge in [0, 0.05) is 16.2 Å². The van der Waals surface area contributed by atoms with Crippen molar-refractivity contribution in [2.24, 2.45) is 0 Å². The van der Waals surface area contributed by atoms with Crippen molar-refractivity contribution in [3.8, 4) is 11.1 Å². The SMILES string of the molecule is CCc1c(/C=C(\Cc2ccccc2)c2ccccc2)nc2c3cccc4c(-c5ccccc5)ccc(c(=O)n12)c43. The molecule has 0 radical (unpaired) electrons. The van der Waals surface area contributed by atoms with E-state index in [-0.39, 0.29) is 5.56 Å². The van der Waals surface area contributed by atoms with Gasteiger partial charge in [0.2, 0.25) is 0 Å². The van der Waals surface area contributed by atoms with E-state index in [9.17, 15) is 4.79 Å². The molecule has 0 atom stereocenters. The van der Waals surface area contributed by atoms with Gasteiger partial charge in [0.1, 0.15) is 5.65 Å². The Morgan fingerprint density at radius 3 is 2.12 bits per heavy atom. The predicted molar refractivity (Wildman–Crippen MR) is 167 cm³/mol. The third kappa shape index (κ3) is 3.99. The summed E-state index contributed by atoms with van der Waals surface area (Å²) in [4.78, 5) is 19.3. The molecule has 192 valence electrons. The van der Waals surface area contributed by atoms with Crippen LogP contribution in [0.5, 0.6) is 0 Å². The minimum atomic E-state index is -0.00775. The number of benzene rings is 5. The lowest BCUT2D eigenvalue weighted by molar-refractivity contribution is 0.973. The minimum Gasteiger partial charge on any atom is -0.268 e. The third-order valence-corrected chi connectivity index (χ3v) is 7.83. The van der Waals surface area contributed by atoms with Crippen LogP contribution in [0.3, 0.4) is 0 Å². The molecule has 0 amide bonds. The fourth-order valence-electron chi connectivity index (χ4n) is 5.96. The molecular weight excluding hydrogens is 488 g/mol. The summed E-state index contributed by atoms with van der Waals surface area (Å²) < 4.78 is 1.84. The van der Waals surface area contributed by atoms with Crippen molar-refractivity contribution < 1.29 is 0 Å². The average Bonchev–Trinajstić information content (AvgIpc) is 3.39. The van der Waals surface area contributed by atoms with Crippen molar-refractivity contribution in [2.75, 3.05) is 0 Å². The van der Waals surface area contributed by atoms with Gasteiger partial charge in [-0.1, -0.05) is 122 Å². The quantitative estimate of drug-likeness (QED) is 0.222. The molecule has 3 heteroatoms. The molecule has 2 heterocycles. The van der Waals surface area contributed by atoms with E-state index in [0.29, 0.717) is 6.42 Å². The molecule has 0 saturated carbocycles. The number of pyridine rings is 1. The molecule has 0 aliphatic rings. The Hall–Kier alpha value is -5.02. The van der Waals surface area contributed by atoms with Crippen LogP contribution < -0.4 is 5.56 Å². The molecule has 0 spiro atoms. The van der Waals surface area contributed by atoms with Crippen LogP contribution >= 0.6 is 0 Å². The highest BCUT2D eigenvalue weighted by atomic mass is 16.1. The molecule has 0 unspecified atom stereocenters. The Labute approximate surface area is 233 Å². The third-order valence-electron chi connectivity index (χ3n) is 7.83. The van der Waals surface area contributed by atoms with E-state index in [1.165, 1.54) is 11.1 Å². The normalized spacial score (nSPS) is 12.1. The number of aromatic nitrogens is 2. The van der Waals surface area contributed by atoms with Crippen LogP contribution in [0.25, 0.3) is 50.0 Å². The molecule has 0 fully saturated rings. The summed E-state index contributed by atoms with van der Waals surface area (Å²) in [6.45, 7) is 2.10. The van der Waals surface area contributed by atoms with Crippen molar-refractivity contribution in [2.45, 2.75) is 19.8 Å². The summed E-state index contributed by atoms with van der Waals surface area (Å²) in [5.41, 5.74) is 8.34. The first-order valence-electron chi connectivity index (χ1n) is 13.8. The van der Waals surface area contributed by atoms with Gasteiger partial charge in [-0.05, 0) is 58.2 Å². The maximum Gasteiger partial charge on any atom is 0.264 e. The molecule has 5 aromatic carbocycles. The van der Waals surface area contributed by atoms with Crippen molar-refractivity contribution >= 4 is 38.8 Å². The second kappa shape index (κ2) is 9.94. The number of hydrogen-bond donors (Lipinski definition) is 0. The number of allylic oxidation sites excluding steroid dienone is 1. The molecule has 7 rings (SSSR count). The molecule has 0 N–H and O–H groups in total. The maximum atomic E-state index is 14.1. The van der Waals surface area contributed by atoms with Crippen LogP contribution in [0.2, 0.25) is 0 Å². The lowest BCUT2D eigenvalue weighted by Gasteiger charge is -2.12. The van der Waals surface area contributed by atoms with Gasteiger partial charge in [-0.2, -0.15) is 0 Å². The monoisotopic (exact) mass is 516 g/mol. The second-order valence-corrected chi connectivity index (χ2v) is 10.2. The summed E-state index contributed by atoms with van der Waals surface area (Å²) in [7, 11) is 0. The molecular formula is C37H28N2O. The smallest absolute Gasteiger partial charge is 0.264 e. The van der Waals surface area contributed by atoms with Crippen molar-refractivity contribution in [3.05, 3.63) is 154 Å². The first-order valence-corrected chi connectivity index (χ1v) is 13.8. The molecule has 7 aromatic rings. The number of hydrogen-bond acceptors (Lipinski definition) is 2. The molecule has 40 heavy (non-hydrogen) atoms. The van der Waals surface area contributed by atoms with Crippen LogP contribution in [-0.2, 0) is 12.8 Å². The van der Waals surface area contributed by atoms with Crippen LogP contribution in [0.4, 0.5) is 0 Å². The van der Waals surface area contributed by atoms with E-state index in [1.807, 2.05) is 28.7 Å². The fraction of sp³-hybridized carbons (Fsp3) is 0.0811. The van der Waals surface area contributed by atoms with Gasteiger partial charge < -0.3 is 0 Å². The highest BCUT2D eigenvalue weighted by molar-refractivity contribution is 6.18. The summed E-state index contributed by atoms with van der Waals surface area (Å²) in [6, 6.07) is 41.7. The number of rotatable bonds is 6. The molecule has 0 saturated heterocycles. The van der Waals surface area contributed by atoms with E-state index >= 15 is 0 Å². The highest BCUT2D eigenvalue weighted by Gasteiger charge is 2.20. The predicted octanol–water partition coefficient (Wildman–Crippen LogP) is 8.45. The van der Waals surface area contributed by atoms with Gasteiger partial charge in [-0.15, -0.1) is 0 Å². The minimum absolute atomic E-state index is 0.00775. The largest absolute Gasteiger partial charge is 0.268 e. The van der Waals surface area contributed by atoms with E-state index < -0.39 is 0 Å². The van der Waals surface area contributed by atoms with Gasteiger partial charge >= 0.3 is 0 Å².